The zero-order valence-corrected chi connectivity index (χ0v) is 33.8. The molecule has 8 rings (SSSR count). The van der Waals surface area contributed by atoms with Crippen LogP contribution in [0.25, 0.3) is 0 Å². The summed E-state index contributed by atoms with van der Waals surface area (Å²) in [5.74, 6) is 0. The van der Waals surface area contributed by atoms with Crippen LogP contribution in [0.15, 0.2) is 109 Å². The second-order valence-electron chi connectivity index (χ2n) is 15.8. The third-order valence-electron chi connectivity index (χ3n) is 11.9. The number of benzene rings is 6. The summed E-state index contributed by atoms with van der Waals surface area (Å²) in [7, 11) is -4.19. The van der Waals surface area contributed by atoms with E-state index in [4.69, 9.17) is 0 Å². The lowest BCUT2D eigenvalue weighted by Crippen LogP contribution is -2.38. The van der Waals surface area contributed by atoms with Gasteiger partial charge in [-0.1, -0.05) is 131 Å². The Morgan fingerprint density at radius 2 is 0.904 bits per heavy atom. The molecule has 1 spiro atoms. The third kappa shape index (κ3) is 5.51. The summed E-state index contributed by atoms with van der Waals surface area (Å²) in [6.45, 7) is 17.6. The minimum atomic E-state index is -3.33. The van der Waals surface area contributed by atoms with E-state index in [1.807, 2.05) is 0 Å². The van der Waals surface area contributed by atoms with Crippen LogP contribution in [0.5, 0.6) is 0 Å². The van der Waals surface area contributed by atoms with E-state index in [2.05, 4.69) is 165 Å². The molecule has 0 unspecified atom stereocenters. The Labute approximate surface area is 312 Å². The molecule has 2 aliphatic carbocycles. The molecule has 6 aromatic rings. The molecule has 0 saturated heterocycles. The maximum absolute atomic E-state index is 16.9. The minimum Gasteiger partial charge on any atom is -0.309 e. The van der Waals surface area contributed by atoms with Crippen LogP contribution in [-0.2, 0) is 22.8 Å². The van der Waals surface area contributed by atoms with Gasteiger partial charge in [0.25, 0.3) is 0 Å². The molecule has 262 valence electrons. The molecule has 0 N–H and O–H groups in total. The first-order chi connectivity index (χ1) is 24.9. The van der Waals surface area contributed by atoms with Gasteiger partial charge in [-0.25, -0.2) is 0 Å². The van der Waals surface area contributed by atoms with Gasteiger partial charge in [0.2, 0.25) is 0 Å². The Bertz CT molecular complexity index is 2260. The van der Waals surface area contributed by atoms with Crippen LogP contribution < -0.4 is 31.8 Å². The van der Waals surface area contributed by atoms with Crippen molar-refractivity contribution >= 4 is 46.9 Å². The second kappa shape index (κ2) is 13.1. The quantitative estimate of drug-likeness (QED) is 0.157. The fourth-order valence-corrected chi connectivity index (χ4v) is 17.1. The van der Waals surface area contributed by atoms with E-state index in [0.29, 0.717) is 0 Å². The highest BCUT2D eigenvalue weighted by atomic mass is 31.2. The summed E-state index contributed by atoms with van der Waals surface area (Å²) in [5, 5.41) is 7.38. The van der Waals surface area contributed by atoms with Gasteiger partial charge < -0.3 is 4.57 Å². The third-order valence-corrected chi connectivity index (χ3v) is 18.0. The van der Waals surface area contributed by atoms with E-state index in [0.717, 1.165) is 63.9 Å². The predicted octanol–water partition coefficient (Wildman–Crippen LogP) is 9.73. The van der Waals surface area contributed by atoms with Crippen molar-refractivity contribution in [1.29, 1.82) is 0 Å². The van der Waals surface area contributed by atoms with Crippen LogP contribution in [-0.4, -0.2) is 0 Å². The van der Waals surface area contributed by atoms with Crippen LogP contribution in [0.4, 0.5) is 0 Å². The van der Waals surface area contributed by atoms with Crippen molar-refractivity contribution < 1.29 is 4.57 Å². The fraction of sp³-hybridized carbons (Fsp3) is 0.265. The molecule has 6 aromatic carbocycles. The molecule has 0 bridgehead atoms. The minimum absolute atomic E-state index is 0.209. The normalized spacial score (nSPS) is 16.5. The van der Waals surface area contributed by atoms with Crippen molar-refractivity contribution in [2.24, 2.45) is 0 Å². The van der Waals surface area contributed by atoms with Crippen molar-refractivity contribution in [3.8, 4) is 0 Å². The summed E-state index contributed by atoms with van der Waals surface area (Å²) >= 11 is 0. The number of hydrogen-bond acceptors (Lipinski definition) is 1. The van der Waals surface area contributed by atoms with Crippen LogP contribution in [0.2, 0.25) is 0 Å². The molecule has 0 aromatic heterocycles. The smallest absolute Gasteiger partial charge is 0.172 e. The highest BCUT2D eigenvalue weighted by Gasteiger charge is 2.51. The SMILES string of the molecule is Cc1cc(C)cc(P(c2cc(C)cc(C)c2)c2cccc3c2[C@@]2(CC3)CCc3cccc(P(=O)(c4c(C)cccc4C)c4c(C)cccc4C)c32)c1. The van der Waals surface area contributed by atoms with E-state index in [-0.39, 0.29) is 5.41 Å². The van der Waals surface area contributed by atoms with Gasteiger partial charge in [0, 0.05) is 21.3 Å². The Hall–Kier alpha value is -4.02. The van der Waals surface area contributed by atoms with E-state index >= 15 is 4.57 Å². The van der Waals surface area contributed by atoms with Crippen LogP contribution in [0.3, 0.4) is 0 Å². The predicted molar refractivity (Wildman–Crippen MR) is 226 cm³/mol. The molecule has 0 radical (unpaired) electrons. The van der Waals surface area contributed by atoms with E-state index in [1.165, 1.54) is 60.4 Å². The van der Waals surface area contributed by atoms with Gasteiger partial charge in [-0.3, -0.25) is 0 Å². The molecular weight excluding hydrogens is 666 g/mol. The average Bonchev–Trinajstić information content (AvgIpc) is 3.65. The highest BCUT2D eigenvalue weighted by molar-refractivity contribution is 7.85. The summed E-state index contributed by atoms with van der Waals surface area (Å²) in [6, 6.07) is 41.1. The number of hydrogen-bond donors (Lipinski definition) is 0. The first-order valence-corrected chi connectivity index (χ1v) is 21.9. The van der Waals surface area contributed by atoms with Gasteiger partial charge in [0.05, 0.1) is 0 Å². The monoisotopic (exact) mass is 716 g/mol. The molecule has 0 saturated carbocycles. The lowest BCUT2D eigenvalue weighted by molar-refractivity contribution is 0.511. The average molecular weight is 717 g/mol. The number of aryl methyl sites for hydroxylation is 10. The summed E-state index contributed by atoms with van der Waals surface area (Å²) in [6.07, 6.45) is 4.13. The highest BCUT2D eigenvalue weighted by Crippen LogP contribution is 2.58. The van der Waals surface area contributed by atoms with Gasteiger partial charge in [0.15, 0.2) is 7.14 Å². The maximum Gasteiger partial charge on any atom is 0.172 e. The van der Waals surface area contributed by atoms with Crippen molar-refractivity contribution in [3.05, 3.63) is 176 Å². The maximum atomic E-state index is 16.9. The van der Waals surface area contributed by atoms with Crippen LogP contribution in [0.1, 0.15) is 79.6 Å². The topological polar surface area (TPSA) is 17.1 Å². The van der Waals surface area contributed by atoms with Crippen molar-refractivity contribution in [1.82, 2.24) is 0 Å². The standard InChI is InChI=1S/C49H50OP2/c1-31-25-32(2)28-41(27-31)51(42-29-33(3)26-34(4)30-42)43-19-11-17-39-21-23-49(45(39)43)24-22-40-18-12-20-44(46(40)49)52(50,47-35(5)13-9-14-36(47)6)48-37(7)15-10-16-38(48)8/h9-20,25-30H,21-24H2,1-8H3/t49-/m1/s1. The lowest BCUT2D eigenvalue weighted by atomic mass is 9.76. The zero-order chi connectivity index (χ0) is 36.5. The number of fused-ring (bicyclic) bond motifs is 4. The molecule has 3 heteroatoms. The Morgan fingerprint density at radius 3 is 1.37 bits per heavy atom. The first kappa shape index (κ1) is 35.0. The molecular formula is C49H50OP2. The van der Waals surface area contributed by atoms with Crippen LogP contribution in [0, 0.1) is 55.4 Å². The van der Waals surface area contributed by atoms with Crippen molar-refractivity contribution in [2.45, 2.75) is 86.5 Å². The lowest BCUT2D eigenvalue weighted by Gasteiger charge is -2.36. The molecule has 52 heavy (non-hydrogen) atoms. The van der Waals surface area contributed by atoms with E-state index in [9.17, 15) is 0 Å². The molecule has 1 nitrogen and oxygen atoms in total. The Kier molecular flexibility index (Phi) is 8.84. The van der Waals surface area contributed by atoms with Crippen LogP contribution >= 0.6 is 15.1 Å². The molecule has 0 amide bonds. The molecule has 0 heterocycles. The van der Waals surface area contributed by atoms with Gasteiger partial charge >= 0.3 is 0 Å². The molecule has 1 atom stereocenters. The summed E-state index contributed by atoms with van der Waals surface area (Å²) in [4.78, 5) is 0. The van der Waals surface area contributed by atoms with Gasteiger partial charge in [-0.2, -0.15) is 0 Å². The molecule has 2 aliphatic rings. The van der Waals surface area contributed by atoms with E-state index in [1.54, 1.807) is 0 Å². The zero-order valence-electron chi connectivity index (χ0n) is 32.0. The van der Waals surface area contributed by atoms with Crippen molar-refractivity contribution in [3.63, 3.8) is 0 Å². The van der Waals surface area contributed by atoms with Gasteiger partial charge in [-0.15, -0.1) is 0 Å². The summed E-state index contributed by atoms with van der Waals surface area (Å²) in [5.41, 5.74) is 15.2. The summed E-state index contributed by atoms with van der Waals surface area (Å²) < 4.78 is 16.9. The van der Waals surface area contributed by atoms with Gasteiger partial charge in [-0.05, 0) is 149 Å². The first-order valence-electron chi connectivity index (χ1n) is 18.9. The number of rotatable bonds is 6. The largest absolute Gasteiger partial charge is 0.309 e. The Morgan fingerprint density at radius 1 is 0.500 bits per heavy atom. The van der Waals surface area contributed by atoms with Crippen molar-refractivity contribution in [2.75, 3.05) is 0 Å². The fourth-order valence-electron chi connectivity index (χ4n) is 10.1. The van der Waals surface area contributed by atoms with E-state index < -0.39 is 15.1 Å². The molecule has 0 aliphatic heterocycles. The molecule has 0 fully saturated rings. The van der Waals surface area contributed by atoms with Gasteiger partial charge in [0.1, 0.15) is 0 Å². The Balaban J connectivity index is 1.45. The second-order valence-corrected chi connectivity index (χ2v) is 20.6.